The van der Waals surface area contributed by atoms with E-state index in [-0.39, 0.29) is 11.4 Å². The molecular weight excluding hydrogens is 202 g/mol. The third kappa shape index (κ3) is 2.80. The van der Waals surface area contributed by atoms with Gasteiger partial charge in [0.15, 0.2) is 0 Å². The van der Waals surface area contributed by atoms with Gasteiger partial charge >= 0.3 is 11.8 Å². The molecule has 1 aromatic carbocycles. The van der Waals surface area contributed by atoms with Gasteiger partial charge in [0.25, 0.3) is 0 Å². The summed E-state index contributed by atoms with van der Waals surface area (Å²) in [6.07, 6.45) is -0.198. The van der Waals surface area contributed by atoms with Crippen LogP contribution in [0.5, 0.6) is 5.75 Å². The molecule has 78 valence electrons. The number of hydrogen-bond acceptors (Lipinski definition) is 5. The van der Waals surface area contributed by atoms with Gasteiger partial charge in [-0.3, -0.25) is 10.1 Å². The fourth-order valence-electron chi connectivity index (χ4n) is 0.876. The van der Waals surface area contributed by atoms with E-state index in [0.29, 0.717) is 0 Å². The van der Waals surface area contributed by atoms with Crippen LogP contribution in [0.4, 0.5) is 10.5 Å². The largest absolute Gasteiger partial charge is 0.519 e. The summed E-state index contributed by atoms with van der Waals surface area (Å²) in [5.74, 6) is -0.172. The molecule has 0 atom stereocenters. The average Bonchev–Trinajstić information content (AvgIpc) is 2.18. The SMILES string of the molecule is C=COC(=O)Oc1ccccc1[N+](=O)[O-]. The quantitative estimate of drug-likeness (QED) is 0.251. The van der Waals surface area contributed by atoms with Gasteiger partial charge in [-0.05, 0) is 6.07 Å². The minimum absolute atomic E-state index is 0.172. The Kier molecular flexibility index (Phi) is 3.39. The molecule has 0 saturated heterocycles. The van der Waals surface area contributed by atoms with E-state index in [1.165, 1.54) is 24.3 Å². The number of ether oxygens (including phenoxy) is 2. The number of para-hydroxylation sites is 2. The predicted molar refractivity (Wildman–Crippen MR) is 50.4 cm³/mol. The fraction of sp³-hybridized carbons (Fsp3) is 0. The summed E-state index contributed by atoms with van der Waals surface area (Å²) < 4.78 is 8.83. The van der Waals surface area contributed by atoms with Crippen LogP contribution in [-0.4, -0.2) is 11.1 Å². The van der Waals surface area contributed by atoms with Crippen LogP contribution in [0, 0.1) is 10.1 Å². The molecule has 0 aliphatic carbocycles. The van der Waals surface area contributed by atoms with Crippen molar-refractivity contribution in [1.29, 1.82) is 0 Å². The molecular formula is C9H7NO5. The lowest BCUT2D eigenvalue weighted by atomic mass is 10.3. The molecule has 0 amide bonds. The lowest BCUT2D eigenvalue weighted by Gasteiger charge is -2.02. The lowest BCUT2D eigenvalue weighted by molar-refractivity contribution is -0.385. The third-order valence-corrected chi connectivity index (χ3v) is 1.43. The highest BCUT2D eigenvalue weighted by Gasteiger charge is 2.17. The topological polar surface area (TPSA) is 78.7 Å². The average molecular weight is 209 g/mol. The molecule has 0 bridgehead atoms. The molecule has 0 fully saturated rings. The first-order valence-corrected chi connectivity index (χ1v) is 3.88. The van der Waals surface area contributed by atoms with Gasteiger partial charge in [0, 0.05) is 6.07 Å². The lowest BCUT2D eigenvalue weighted by Crippen LogP contribution is -2.08. The highest BCUT2D eigenvalue weighted by Crippen LogP contribution is 2.25. The van der Waals surface area contributed by atoms with Crippen LogP contribution in [0.1, 0.15) is 0 Å². The van der Waals surface area contributed by atoms with Crippen molar-refractivity contribution >= 4 is 11.8 Å². The Morgan fingerprint density at radius 3 is 2.73 bits per heavy atom. The van der Waals surface area contributed by atoms with Crippen LogP contribution >= 0.6 is 0 Å². The minimum atomic E-state index is -1.07. The Morgan fingerprint density at radius 1 is 1.47 bits per heavy atom. The van der Waals surface area contributed by atoms with Gasteiger partial charge in [0.2, 0.25) is 5.75 Å². The number of benzene rings is 1. The number of nitrogens with zero attached hydrogens (tertiary/aromatic N) is 1. The zero-order valence-electron chi connectivity index (χ0n) is 7.58. The standard InChI is InChI=1S/C9H7NO5/c1-2-14-9(11)15-8-6-4-3-5-7(8)10(12)13/h2-6H,1H2. The molecule has 0 aliphatic rings. The number of nitro groups is 1. The Balaban J connectivity index is 2.89. The zero-order valence-corrected chi connectivity index (χ0v) is 7.58. The highest BCUT2D eigenvalue weighted by molar-refractivity contribution is 5.66. The normalized spacial score (nSPS) is 9.07. The van der Waals surface area contributed by atoms with Gasteiger partial charge in [-0.15, -0.1) is 0 Å². The number of nitro benzene ring substituents is 1. The summed E-state index contributed by atoms with van der Waals surface area (Å²) in [7, 11) is 0. The maximum atomic E-state index is 10.8. The predicted octanol–water partition coefficient (Wildman–Crippen LogP) is 2.25. The second kappa shape index (κ2) is 4.75. The van der Waals surface area contributed by atoms with Crippen LogP contribution in [0.15, 0.2) is 37.1 Å². The van der Waals surface area contributed by atoms with Gasteiger partial charge in [0.1, 0.15) is 0 Å². The monoisotopic (exact) mass is 209 g/mol. The van der Waals surface area contributed by atoms with E-state index in [2.05, 4.69) is 16.1 Å². The van der Waals surface area contributed by atoms with Crippen molar-refractivity contribution in [1.82, 2.24) is 0 Å². The van der Waals surface area contributed by atoms with E-state index >= 15 is 0 Å². The van der Waals surface area contributed by atoms with E-state index < -0.39 is 11.1 Å². The van der Waals surface area contributed by atoms with Crippen molar-refractivity contribution in [3.63, 3.8) is 0 Å². The van der Waals surface area contributed by atoms with Crippen LogP contribution < -0.4 is 4.74 Å². The van der Waals surface area contributed by atoms with Crippen molar-refractivity contribution in [3.8, 4) is 5.75 Å². The number of carbonyl (C=O) groups is 1. The Labute approximate surface area is 84.9 Å². The molecule has 0 saturated carbocycles. The van der Waals surface area contributed by atoms with Gasteiger partial charge < -0.3 is 9.47 Å². The molecule has 15 heavy (non-hydrogen) atoms. The second-order valence-electron chi connectivity index (χ2n) is 2.36. The Bertz CT molecular complexity index is 401. The molecule has 0 N–H and O–H groups in total. The van der Waals surface area contributed by atoms with Gasteiger partial charge in [-0.1, -0.05) is 18.7 Å². The Morgan fingerprint density at radius 2 is 2.13 bits per heavy atom. The summed E-state index contributed by atoms with van der Waals surface area (Å²) in [6.45, 7) is 3.14. The Hall–Kier alpha value is -2.37. The number of carbonyl (C=O) groups excluding carboxylic acids is 1. The number of rotatable bonds is 3. The second-order valence-corrected chi connectivity index (χ2v) is 2.36. The minimum Gasteiger partial charge on any atom is -0.403 e. The van der Waals surface area contributed by atoms with Gasteiger partial charge in [0.05, 0.1) is 11.2 Å². The summed E-state index contributed by atoms with van der Waals surface area (Å²) >= 11 is 0. The van der Waals surface area contributed by atoms with E-state index in [4.69, 9.17) is 0 Å². The molecule has 0 aliphatic heterocycles. The van der Waals surface area contributed by atoms with Gasteiger partial charge in [-0.2, -0.15) is 0 Å². The fourth-order valence-corrected chi connectivity index (χ4v) is 0.876. The van der Waals surface area contributed by atoms with E-state index in [9.17, 15) is 14.9 Å². The molecule has 6 nitrogen and oxygen atoms in total. The molecule has 0 unspecified atom stereocenters. The summed E-state index contributed by atoms with van der Waals surface area (Å²) in [5.41, 5.74) is -0.307. The molecule has 0 aromatic heterocycles. The van der Waals surface area contributed by atoms with E-state index in [1.54, 1.807) is 0 Å². The molecule has 1 aromatic rings. The molecule has 0 heterocycles. The number of hydrogen-bond donors (Lipinski definition) is 0. The zero-order chi connectivity index (χ0) is 11.3. The molecule has 0 spiro atoms. The van der Waals surface area contributed by atoms with Crippen LogP contribution in [0.3, 0.4) is 0 Å². The molecule has 1 rings (SSSR count). The summed E-state index contributed by atoms with van der Waals surface area (Å²) in [5, 5.41) is 10.5. The van der Waals surface area contributed by atoms with Crippen LogP contribution in [0.25, 0.3) is 0 Å². The first kappa shape index (κ1) is 10.7. The van der Waals surface area contributed by atoms with Gasteiger partial charge in [-0.25, -0.2) is 4.79 Å². The van der Waals surface area contributed by atoms with Crippen molar-refractivity contribution in [2.24, 2.45) is 0 Å². The first-order valence-electron chi connectivity index (χ1n) is 3.88. The summed E-state index contributed by atoms with van der Waals surface area (Å²) in [6, 6.07) is 5.48. The van der Waals surface area contributed by atoms with Crippen molar-refractivity contribution in [2.45, 2.75) is 0 Å². The summed E-state index contributed by atoms with van der Waals surface area (Å²) in [4.78, 5) is 20.7. The van der Waals surface area contributed by atoms with E-state index in [0.717, 1.165) is 6.26 Å². The van der Waals surface area contributed by atoms with Crippen LogP contribution in [0.2, 0.25) is 0 Å². The first-order chi connectivity index (χ1) is 7.15. The third-order valence-electron chi connectivity index (χ3n) is 1.43. The van der Waals surface area contributed by atoms with Crippen molar-refractivity contribution in [2.75, 3.05) is 0 Å². The highest BCUT2D eigenvalue weighted by atomic mass is 16.7. The van der Waals surface area contributed by atoms with Crippen LogP contribution in [-0.2, 0) is 4.74 Å². The smallest absolute Gasteiger partial charge is 0.403 e. The molecule has 6 heteroatoms. The maximum absolute atomic E-state index is 10.8. The maximum Gasteiger partial charge on any atom is 0.519 e. The van der Waals surface area contributed by atoms with Crippen molar-refractivity contribution < 1.29 is 19.2 Å². The van der Waals surface area contributed by atoms with Crippen molar-refractivity contribution in [3.05, 3.63) is 47.2 Å². The van der Waals surface area contributed by atoms with E-state index in [1.807, 2.05) is 0 Å². The molecule has 0 radical (unpaired) electrons.